The molecule has 1 amide bonds. The van der Waals surface area contributed by atoms with Gasteiger partial charge in [-0.05, 0) is 42.8 Å². The highest BCUT2D eigenvalue weighted by molar-refractivity contribution is 7.89. The monoisotopic (exact) mass is 407 g/mol. The SMILES string of the molecule is Cc1nc2ccc(S(=O)(=O)N(C)CC(=O)NCc3ccc(F)cc3)cc2s1. The van der Waals surface area contributed by atoms with Gasteiger partial charge in [-0.2, -0.15) is 4.31 Å². The number of nitrogens with one attached hydrogen (secondary N) is 1. The molecule has 142 valence electrons. The number of benzene rings is 2. The zero-order valence-electron chi connectivity index (χ0n) is 14.8. The van der Waals surface area contributed by atoms with Crippen molar-refractivity contribution in [3.63, 3.8) is 0 Å². The van der Waals surface area contributed by atoms with Crippen molar-refractivity contribution in [2.75, 3.05) is 13.6 Å². The van der Waals surface area contributed by atoms with Crippen LogP contribution in [0.2, 0.25) is 0 Å². The van der Waals surface area contributed by atoms with Crippen LogP contribution in [0.15, 0.2) is 47.4 Å². The number of hydrogen-bond donors (Lipinski definition) is 1. The number of thiazole rings is 1. The van der Waals surface area contributed by atoms with Gasteiger partial charge in [0.15, 0.2) is 0 Å². The van der Waals surface area contributed by atoms with Gasteiger partial charge >= 0.3 is 0 Å². The highest BCUT2D eigenvalue weighted by Crippen LogP contribution is 2.25. The summed E-state index contributed by atoms with van der Waals surface area (Å²) in [4.78, 5) is 16.5. The normalized spacial score (nSPS) is 11.9. The van der Waals surface area contributed by atoms with Crippen molar-refractivity contribution >= 4 is 37.5 Å². The quantitative estimate of drug-likeness (QED) is 0.681. The van der Waals surface area contributed by atoms with Gasteiger partial charge in [-0.15, -0.1) is 11.3 Å². The van der Waals surface area contributed by atoms with Crippen LogP contribution in [-0.2, 0) is 21.4 Å². The molecule has 3 aromatic rings. The lowest BCUT2D eigenvalue weighted by Gasteiger charge is -2.17. The Morgan fingerprint density at radius 3 is 2.63 bits per heavy atom. The molecule has 2 aromatic carbocycles. The molecule has 0 spiro atoms. The van der Waals surface area contributed by atoms with Crippen molar-refractivity contribution in [3.05, 3.63) is 58.9 Å². The Bertz CT molecular complexity index is 1080. The summed E-state index contributed by atoms with van der Waals surface area (Å²) in [5, 5.41) is 3.49. The molecule has 0 aliphatic carbocycles. The molecule has 9 heteroatoms. The second-order valence-corrected chi connectivity index (χ2v) is 9.31. The fourth-order valence-electron chi connectivity index (χ4n) is 2.51. The van der Waals surface area contributed by atoms with Crippen LogP contribution in [0.25, 0.3) is 10.2 Å². The Morgan fingerprint density at radius 2 is 1.93 bits per heavy atom. The van der Waals surface area contributed by atoms with E-state index in [4.69, 9.17) is 0 Å². The summed E-state index contributed by atoms with van der Waals surface area (Å²) < 4.78 is 40.1. The number of likely N-dealkylation sites (N-methyl/N-ethyl adjacent to an activating group) is 1. The summed E-state index contributed by atoms with van der Waals surface area (Å²) in [6, 6.07) is 10.4. The molecule has 0 bridgehead atoms. The zero-order chi connectivity index (χ0) is 19.6. The molecule has 1 N–H and O–H groups in total. The maximum atomic E-state index is 12.9. The molecule has 0 unspecified atom stereocenters. The topological polar surface area (TPSA) is 79.4 Å². The second kappa shape index (κ2) is 7.71. The standard InChI is InChI=1S/C18H18FN3O3S2/c1-12-21-16-8-7-15(9-17(16)26-12)27(24,25)22(2)11-18(23)20-10-13-3-5-14(19)6-4-13/h3-9H,10-11H2,1-2H3,(H,20,23). The molecule has 6 nitrogen and oxygen atoms in total. The molecular weight excluding hydrogens is 389 g/mol. The van der Waals surface area contributed by atoms with Crippen LogP contribution in [0.3, 0.4) is 0 Å². The molecule has 3 rings (SSSR count). The summed E-state index contributed by atoms with van der Waals surface area (Å²) in [5.74, 6) is -0.802. The zero-order valence-corrected chi connectivity index (χ0v) is 16.4. The first-order chi connectivity index (χ1) is 12.8. The van der Waals surface area contributed by atoms with Crippen LogP contribution in [-0.4, -0.2) is 37.2 Å². The number of carbonyl (C=O) groups is 1. The number of sulfonamides is 1. The van der Waals surface area contributed by atoms with E-state index in [0.29, 0.717) is 0 Å². The van der Waals surface area contributed by atoms with Gasteiger partial charge in [0, 0.05) is 13.6 Å². The number of aromatic nitrogens is 1. The minimum absolute atomic E-state index is 0.118. The lowest BCUT2D eigenvalue weighted by Crippen LogP contribution is -2.38. The molecule has 1 aromatic heterocycles. The highest BCUT2D eigenvalue weighted by Gasteiger charge is 2.23. The van der Waals surface area contributed by atoms with Crippen molar-refractivity contribution in [2.24, 2.45) is 0 Å². The van der Waals surface area contributed by atoms with E-state index >= 15 is 0 Å². The molecular formula is C18H18FN3O3S2. The average Bonchev–Trinajstić information content (AvgIpc) is 3.00. The van der Waals surface area contributed by atoms with Gasteiger partial charge < -0.3 is 5.32 Å². The maximum absolute atomic E-state index is 12.9. The molecule has 1 heterocycles. The molecule has 0 atom stereocenters. The van der Waals surface area contributed by atoms with Gasteiger partial charge in [-0.3, -0.25) is 4.79 Å². The number of nitrogens with zero attached hydrogens (tertiary/aromatic N) is 2. The summed E-state index contributed by atoms with van der Waals surface area (Å²) >= 11 is 1.41. The molecule has 0 radical (unpaired) electrons. The van der Waals surface area contributed by atoms with Crippen molar-refractivity contribution in [1.82, 2.24) is 14.6 Å². The predicted octanol–water partition coefficient (Wildman–Crippen LogP) is 2.68. The van der Waals surface area contributed by atoms with Crippen molar-refractivity contribution in [3.8, 4) is 0 Å². The van der Waals surface area contributed by atoms with Gasteiger partial charge in [0.2, 0.25) is 15.9 Å². The average molecular weight is 407 g/mol. The van der Waals surface area contributed by atoms with Crippen molar-refractivity contribution < 1.29 is 17.6 Å². The third-order valence-electron chi connectivity index (χ3n) is 3.94. The first kappa shape index (κ1) is 19.4. The number of rotatable bonds is 6. The first-order valence-corrected chi connectivity index (χ1v) is 10.4. The molecule has 27 heavy (non-hydrogen) atoms. The summed E-state index contributed by atoms with van der Waals surface area (Å²) in [5.41, 5.74) is 1.47. The fourth-order valence-corrected chi connectivity index (χ4v) is 4.60. The minimum Gasteiger partial charge on any atom is -0.351 e. The minimum atomic E-state index is -3.80. The van der Waals surface area contributed by atoms with Crippen molar-refractivity contribution in [1.29, 1.82) is 0 Å². The van der Waals surface area contributed by atoms with Crippen LogP contribution in [0.4, 0.5) is 4.39 Å². The lowest BCUT2D eigenvalue weighted by molar-refractivity contribution is -0.121. The smallest absolute Gasteiger partial charge is 0.243 e. The van der Waals surface area contributed by atoms with Crippen LogP contribution in [0.5, 0.6) is 0 Å². The van der Waals surface area contributed by atoms with Gasteiger partial charge in [-0.25, -0.2) is 17.8 Å². The predicted molar refractivity (Wildman–Crippen MR) is 102 cm³/mol. The van der Waals surface area contributed by atoms with E-state index in [1.165, 1.54) is 36.6 Å². The van der Waals surface area contributed by atoms with Crippen LogP contribution >= 0.6 is 11.3 Å². The second-order valence-electron chi connectivity index (χ2n) is 6.03. The Morgan fingerprint density at radius 1 is 1.22 bits per heavy atom. The fraction of sp³-hybridized carbons (Fsp3) is 0.222. The lowest BCUT2D eigenvalue weighted by atomic mass is 10.2. The van der Waals surface area contributed by atoms with E-state index in [1.54, 1.807) is 24.3 Å². The Balaban J connectivity index is 1.66. The van der Waals surface area contributed by atoms with E-state index in [0.717, 1.165) is 25.1 Å². The highest BCUT2D eigenvalue weighted by atomic mass is 32.2. The molecule has 0 aliphatic rings. The van der Waals surface area contributed by atoms with Crippen LogP contribution in [0, 0.1) is 12.7 Å². The van der Waals surface area contributed by atoms with Crippen LogP contribution < -0.4 is 5.32 Å². The summed E-state index contributed by atoms with van der Waals surface area (Å²) in [6.45, 7) is 1.73. The Hall–Kier alpha value is -2.36. The number of carbonyl (C=O) groups excluding carboxylic acids is 1. The Labute approximate surface area is 160 Å². The number of hydrogen-bond acceptors (Lipinski definition) is 5. The van der Waals surface area contributed by atoms with Gasteiger partial charge in [0.1, 0.15) is 5.82 Å². The third kappa shape index (κ3) is 4.49. The van der Waals surface area contributed by atoms with E-state index < -0.39 is 15.9 Å². The van der Waals surface area contributed by atoms with Gasteiger partial charge in [-0.1, -0.05) is 12.1 Å². The molecule has 0 fully saturated rings. The number of halogens is 1. The third-order valence-corrected chi connectivity index (χ3v) is 6.68. The molecule has 0 saturated carbocycles. The molecule has 0 aliphatic heterocycles. The van der Waals surface area contributed by atoms with Gasteiger partial charge in [0.25, 0.3) is 0 Å². The van der Waals surface area contributed by atoms with Crippen LogP contribution in [0.1, 0.15) is 10.6 Å². The maximum Gasteiger partial charge on any atom is 0.243 e. The van der Waals surface area contributed by atoms with E-state index in [1.807, 2.05) is 6.92 Å². The molecule has 0 saturated heterocycles. The number of aryl methyl sites for hydroxylation is 1. The van der Waals surface area contributed by atoms with Crippen molar-refractivity contribution in [2.45, 2.75) is 18.4 Å². The summed E-state index contributed by atoms with van der Waals surface area (Å²) in [7, 11) is -2.45. The van der Waals surface area contributed by atoms with E-state index in [2.05, 4.69) is 10.3 Å². The van der Waals surface area contributed by atoms with Gasteiger partial charge in [0.05, 0.1) is 26.7 Å². The van der Waals surface area contributed by atoms with E-state index in [-0.39, 0.29) is 23.8 Å². The Kier molecular flexibility index (Phi) is 5.54. The number of fused-ring (bicyclic) bond motifs is 1. The summed E-state index contributed by atoms with van der Waals surface area (Å²) in [6.07, 6.45) is 0. The number of amides is 1. The first-order valence-electron chi connectivity index (χ1n) is 8.10. The van der Waals surface area contributed by atoms with E-state index in [9.17, 15) is 17.6 Å². The largest absolute Gasteiger partial charge is 0.351 e.